The van der Waals surface area contributed by atoms with E-state index in [9.17, 15) is 9.59 Å². The number of carbonyl (C=O) groups is 1. The number of H-pyrrole nitrogens is 1. The van der Waals surface area contributed by atoms with Crippen molar-refractivity contribution in [3.05, 3.63) is 50.9 Å². The number of rotatable bonds is 3. The number of anilines is 1. The Morgan fingerprint density at radius 3 is 2.83 bits per heavy atom. The molecule has 0 saturated carbocycles. The minimum Gasteiger partial charge on any atom is -0.454 e. The fourth-order valence-electron chi connectivity index (χ4n) is 4.15. The lowest BCUT2D eigenvalue weighted by Gasteiger charge is -2.32. The summed E-state index contributed by atoms with van der Waals surface area (Å²) in [5.74, 6) is 1.44. The minimum atomic E-state index is -0.474. The summed E-state index contributed by atoms with van der Waals surface area (Å²) in [5.41, 5.74) is 2.62. The molecule has 29 heavy (non-hydrogen) atoms. The van der Waals surface area contributed by atoms with Gasteiger partial charge in [0.25, 0.3) is 5.56 Å². The molecule has 3 heterocycles. The number of benzene rings is 1. The Bertz CT molecular complexity index is 1110. The lowest BCUT2D eigenvalue weighted by atomic mass is 9.76. The number of hydrogen-bond acceptors (Lipinski definition) is 7. The summed E-state index contributed by atoms with van der Waals surface area (Å²) in [6, 6.07) is 5.60. The third-order valence-corrected chi connectivity index (χ3v) is 6.20. The molecule has 2 aliphatic heterocycles. The molecule has 0 saturated heterocycles. The molecule has 2 N–H and O–H groups in total. The van der Waals surface area contributed by atoms with Crippen molar-refractivity contribution in [3.63, 3.8) is 0 Å². The van der Waals surface area contributed by atoms with Crippen LogP contribution in [0.3, 0.4) is 0 Å². The van der Waals surface area contributed by atoms with E-state index in [4.69, 9.17) is 9.47 Å². The number of nitrogens with zero attached hydrogens (tertiary/aromatic N) is 1. The summed E-state index contributed by atoms with van der Waals surface area (Å²) in [6.07, 6.45) is 2.05. The molecule has 0 unspecified atom stereocenters. The number of ether oxygens (including phenoxy) is 2. The van der Waals surface area contributed by atoms with Crippen LogP contribution in [0.25, 0.3) is 0 Å². The molecule has 1 aromatic carbocycles. The number of fused-ring (bicyclic) bond motifs is 2. The van der Waals surface area contributed by atoms with Crippen molar-refractivity contribution >= 4 is 23.4 Å². The number of thioether (sulfide) groups is 1. The molecule has 5 rings (SSSR count). The zero-order chi connectivity index (χ0) is 20.1. The fraction of sp³-hybridized carbons (Fsp3) is 0.381. The van der Waals surface area contributed by atoms with Crippen molar-refractivity contribution in [1.82, 2.24) is 9.97 Å². The number of aromatic amines is 1. The second kappa shape index (κ2) is 6.95. The average molecular weight is 411 g/mol. The first-order valence-electron chi connectivity index (χ1n) is 9.75. The summed E-state index contributed by atoms with van der Waals surface area (Å²) in [6.45, 7) is 4.27. The molecular formula is C21H21N3O4S. The molecule has 0 spiro atoms. The Morgan fingerprint density at radius 2 is 2.00 bits per heavy atom. The van der Waals surface area contributed by atoms with Crippen molar-refractivity contribution in [2.75, 3.05) is 12.1 Å². The predicted octanol–water partition coefficient (Wildman–Crippen LogP) is 3.56. The van der Waals surface area contributed by atoms with Crippen LogP contribution in [0.1, 0.15) is 50.2 Å². The van der Waals surface area contributed by atoms with Crippen LogP contribution < -0.4 is 20.3 Å². The molecule has 2 aromatic rings. The van der Waals surface area contributed by atoms with Gasteiger partial charge in [0.2, 0.25) is 6.79 Å². The van der Waals surface area contributed by atoms with Gasteiger partial charge in [0.1, 0.15) is 5.82 Å². The average Bonchev–Trinajstić information content (AvgIpc) is 3.14. The quantitative estimate of drug-likeness (QED) is 0.589. The first kappa shape index (κ1) is 18.3. The number of ketones is 1. The van der Waals surface area contributed by atoms with Crippen LogP contribution in [-0.4, -0.2) is 27.8 Å². The Hall–Kier alpha value is -2.74. The highest BCUT2D eigenvalue weighted by Crippen LogP contribution is 2.45. The Kier molecular flexibility index (Phi) is 4.38. The molecule has 1 aliphatic carbocycles. The molecule has 0 amide bonds. The normalized spacial score (nSPS) is 19.8. The summed E-state index contributed by atoms with van der Waals surface area (Å²) >= 11 is 1.50. The van der Waals surface area contributed by atoms with Gasteiger partial charge in [-0.05, 0) is 30.5 Å². The Balaban J connectivity index is 1.70. The smallest absolute Gasteiger partial charge is 0.257 e. The lowest BCUT2D eigenvalue weighted by molar-refractivity contribution is -0.116. The highest BCUT2D eigenvalue weighted by Gasteiger charge is 2.38. The maximum absolute atomic E-state index is 13.1. The van der Waals surface area contributed by atoms with Crippen molar-refractivity contribution < 1.29 is 14.3 Å². The van der Waals surface area contributed by atoms with Gasteiger partial charge in [-0.1, -0.05) is 31.7 Å². The SMILES string of the molecule is CC(C)Sc1nc2c(c(=O)[nH]1)[C@H](c1ccc3c(c1)OCO3)C1=C(CCCC1=O)N2. The largest absolute Gasteiger partial charge is 0.454 e. The maximum Gasteiger partial charge on any atom is 0.257 e. The number of nitrogens with one attached hydrogen (secondary N) is 2. The van der Waals surface area contributed by atoms with E-state index in [1.165, 1.54) is 11.8 Å². The van der Waals surface area contributed by atoms with Crippen LogP contribution in [0.4, 0.5) is 5.82 Å². The van der Waals surface area contributed by atoms with Gasteiger partial charge in [0.15, 0.2) is 22.4 Å². The van der Waals surface area contributed by atoms with Gasteiger partial charge in [-0.2, -0.15) is 0 Å². The highest BCUT2D eigenvalue weighted by atomic mass is 32.2. The summed E-state index contributed by atoms with van der Waals surface area (Å²) in [7, 11) is 0. The fourth-order valence-corrected chi connectivity index (χ4v) is 4.89. The van der Waals surface area contributed by atoms with E-state index < -0.39 is 5.92 Å². The summed E-state index contributed by atoms with van der Waals surface area (Å²) < 4.78 is 10.9. The molecule has 7 nitrogen and oxygen atoms in total. The highest BCUT2D eigenvalue weighted by molar-refractivity contribution is 7.99. The molecule has 150 valence electrons. The molecule has 0 bridgehead atoms. The first-order valence-corrected chi connectivity index (χ1v) is 10.6. The second-order valence-corrected chi connectivity index (χ2v) is 9.20. The molecule has 0 fully saturated rings. The number of aromatic nitrogens is 2. The van der Waals surface area contributed by atoms with Crippen molar-refractivity contribution in [3.8, 4) is 11.5 Å². The van der Waals surface area contributed by atoms with E-state index in [-0.39, 0.29) is 23.4 Å². The summed E-state index contributed by atoms with van der Waals surface area (Å²) in [4.78, 5) is 33.6. The van der Waals surface area contributed by atoms with E-state index in [2.05, 4.69) is 15.3 Å². The van der Waals surface area contributed by atoms with Crippen molar-refractivity contribution in [2.45, 2.75) is 49.4 Å². The zero-order valence-electron chi connectivity index (χ0n) is 16.2. The van der Waals surface area contributed by atoms with Crippen LogP contribution in [-0.2, 0) is 4.79 Å². The zero-order valence-corrected chi connectivity index (χ0v) is 17.0. The van der Waals surface area contributed by atoms with E-state index >= 15 is 0 Å². The van der Waals surface area contributed by atoms with Gasteiger partial charge >= 0.3 is 0 Å². The third-order valence-electron chi connectivity index (χ3n) is 5.31. The second-order valence-electron chi connectivity index (χ2n) is 7.64. The number of allylic oxidation sites excluding steroid dienone is 2. The topological polar surface area (TPSA) is 93.3 Å². The molecular weight excluding hydrogens is 390 g/mol. The van der Waals surface area contributed by atoms with Gasteiger partial charge in [0, 0.05) is 28.9 Å². The van der Waals surface area contributed by atoms with E-state index in [0.29, 0.717) is 40.0 Å². The van der Waals surface area contributed by atoms with Crippen LogP contribution in [0, 0.1) is 0 Å². The Morgan fingerprint density at radius 1 is 1.17 bits per heavy atom. The van der Waals surface area contributed by atoms with E-state index in [0.717, 1.165) is 24.1 Å². The standard InChI is InChI=1S/C21H21N3O4S/c1-10(2)29-21-23-19-18(20(26)24-21)16(17-12(22-19)4-3-5-13(17)25)11-6-7-14-15(8-11)28-9-27-14/h6-8,10,16H,3-5,9H2,1-2H3,(H2,22,23,24,26)/t16-/m1/s1. The molecule has 3 aliphatic rings. The lowest BCUT2D eigenvalue weighted by Crippen LogP contribution is -2.32. The minimum absolute atomic E-state index is 0.0760. The third kappa shape index (κ3) is 3.11. The van der Waals surface area contributed by atoms with Gasteiger partial charge in [-0.25, -0.2) is 4.98 Å². The van der Waals surface area contributed by atoms with Crippen LogP contribution in [0.5, 0.6) is 11.5 Å². The number of hydrogen-bond donors (Lipinski definition) is 2. The molecule has 8 heteroatoms. The number of carbonyl (C=O) groups excluding carboxylic acids is 1. The van der Waals surface area contributed by atoms with Gasteiger partial charge in [-0.3, -0.25) is 9.59 Å². The van der Waals surface area contributed by atoms with Crippen LogP contribution in [0.15, 0.2) is 39.4 Å². The van der Waals surface area contributed by atoms with Crippen LogP contribution in [0.2, 0.25) is 0 Å². The number of Topliss-reactive ketones (excluding diaryl/α,β-unsaturated/α-hetero) is 1. The van der Waals surface area contributed by atoms with Gasteiger partial charge in [0.05, 0.1) is 5.56 Å². The van der Waals surface area contributed by atoms with Crippen molar-refractivity contribution in [1.29, 1.82) is 0 Å². The van der Waals surface area contributed by atoms with E-state index in [1.807, 2.05) is 32.0 Å². The van der Waals surface area contributed by atoms with E-state index in [1.54, 1.807) is 0 Å². The predicted molar refractivity (Wildman–Crippen MR) is 110 cm³/mol. The molecule has 1 aromatic heterocycles. The van der Waals surface area contributed by atoms with Gasteiger partial charge < -0.3 is 19.8 Å². The Labute approximate surface area is 171 Å². The first-order chi connectivity index (χ1) is 14.0. The monoisotopic (exact) mass is 411 g/mol. The summed E-state index contributed by atoms with van der Waals surface area (Å²) in [5, 5.41) is 4.16. The van der Waals surface area contributed by atoms with Crippen molar-refractivity contribution in [2.24, 2.45) is 0 Å². The molecule has 1 atom stereocenters. The van der Waals surface area contributed by atoms with Crippen LogP contribution >= 0.6 is 11.8 Å². The molecule has 0 radical (unpaired) electrons. The van der Waals surface area contributed by atoms with Gasteiger partial charge in [-0.15, -0.1) is 0 Å². The maximum atomic E-state index is 13.1.